The molecule has 5 nitrogen and oxygen atoms in total. The van der Waals surface area contributed by atoms with Gasteiger partial charge in [0.25, 0.3) is 0 Å². The molecule has 1 aromatic carbocycles. The lowest BCUT2D eigenvalue weighted by Gasteiger charge is -2.33. The molecule has 2 aliphatic rings. The predicted molar refractivity (Wildman–Crippen MR) is 106 cm³/mol. The number of aryl methyl sites for hydroxylation is 1. The molecular formula is C22H28N4O. The van der Waals surface area contributed by atoms with E-state index in [0.29, 0.717) is 5.92 Å². The van der Waals surface area contributed by atoms with Crippen molar-refractivity contribution in [2.45, 2.75) is 51.5 Å². The summed E-state index contributed by atoms with van der Waals surface area (Å²) in [4.78, 5) is 24.4. The summed E-state index contributed by atoms with van der Waals surface area (Å²) in [7, 11) is 0. The third kappa shape index (κ3) is 3.88. The van der Waals surface area contributed by atoms with Crippen LogP contribution >= 0.6 is 0 Å². The third-order valence-corrected chi connectivity index (χ3v) is 5.95. The van der Waals surface area contributed by atoms with Crippen molar-refractivity contribution in [1.29, 1.82) is 0 Å². The lowest BCUT2D eigenvalue weighted by Crippen LogP contribution is -2.40. The van der Waals surface area contributed by atoms with E-state index < -0.39 is 0 Å². The number of carbonyl (C=O) groups is 1. The van der Waals surface area contributed by atoms with Gasteiger partial charge in [-0.3, -0.25) is 4.79 Å². The van der Waals surface area contributed by atoms with E-state index in [9.17, 15) is 4.79 Å². The van der Waals surface area contributed by atoms with Crippen molar-refractivity contribution in [1.82, 2.24) is 20.2 Å². The minimum atomic E-state index is -0.0883. The number of aromatic nitrogens is 2. The van der Waals surface area contributed by atoms with Crippen LogP contribution in [-0.4, -0.2) is 40.4 Å². The SMILES string of the molecule is Cc1ccc(C(C)C(=O)N2CCC(c3ncc4c(n3)CCNC4)CC2)cc1. The maximum atomic E-state index is 12.9. The monoisotopic (exact) mass is 364 g/mol. The van der Waals surface area contributed by atoms with Crippen LogP contribution in [0.4, 0.5) is 0 Å². The second-order valence-electron chi connectivity index (χ2n) is 7.86. The Labute approximate surface area is 161 Å². The summed E-state index contributed by atoms with van der Waals surface area (Å²) < 4.78 is 0. The average molecular weight is 364 g/mol. The molecule has 1 atom stereocenters. The lowest BCUT2D eigenvalue weighted by atomic mass is 9.93. The molecule has 0 aliphatic carbocycles. The molecule has 2 aliphatic heterocycles. The minimum absolute atomic E-state index is 0.0883. The normalized spacial score (nSPS) is 18.8. The van der Waals surface area contributed by atoms with Gasteiger partial charge in [0.1, 0.15) is 5.82 Å². The van der Waals surface area contributed by atoms with Crippen molar-refractivity contribution in [2.75, 3.05) is 19.6 Å². The van der Waals surface area contributed by atoms with Crippen molar-refractivity contribution < 1.29 is 4.79 Å². The number of hydrogen-bond acceptors (Lipinski definition) is 4. The van der Waals surface area contributed by atoms with Crippen LogP contribution in [0.5, 0.6) is 0 Å². The lowest BCUT2D eigenvalue weighted by molar-refractivity contribution is -0.133. The molecule has 5 heteroatoms. The number of carbonyl (C=O) groups excluding carboxylic acids is 1. The summed E-state index contributed by atoms with van der Waals surface area (Å²) in [6.07, 6.45) is 4.86. The van der Waals surface area contributed by atoms with E-state index in [0.717, 1.165) is 56.8 Å². The first-order valence-electron chi connectivity index (χ1n) is 10.0. The van der Waals surface area contributed by atoms with Crippen molar-refractivity contribution in [3.8, 4) is 0 Å². The van der Waals surface area contributed by atoms with Crippen molar-refractivity contribution in [3.05, 3.63) is 58.7 Å². The first-order chi connectivity index (χ1) is 13.1. The summed E-state index contributed by atoms with van der Waals surface area (Å²) in [6.45, 7) is 7.54. The summed E-state index contributed by atoms with van der Waals surface area (Å²) in [5.74, 6) is 1.47. The van der Waals surface area contributed by atoms with Crippen LogP contribution in [0.2, 0.25) is 0 Å². The molecule has 1 N–H and O–H groups in total. The number of piperidine rings is 1. The van der Waals surface area contributed by atoms with Crippen LogP contribution in [0.25, 0.3) is 0 Å². The molecule has 4 rings (SSSR count). The van der Waals surface area contributed by atoms with Crippen LogP contribution in [0.1, 0.15) is 59.8 Å². The molecule has 1 aromatic heterocycles. The van der Waals surface area contributed by atoms with Gasteiger partial charge in [0.2, 0.25) is 5.91 Å². The summed E-state index contributed by atoms with van der Waals surface area (Å²) in [5, 5.41) is 3.36. The van der Waals surface area contributed by atoms with Gasteiger partial charge in [-0.25, -0.2) is 9.97 Å². The van der Waals surface area contributed by atoms with Crippen LogP contribution in [-0.2, 0) is 17.8 Å². The van der Waals surface area contributed by atoms with E-state index in [1.54, 1.807) is 0 Å². The smallest absolute Gasteiger partial charge is 0.229 e. The highest BCUT2D eigenvalue weighted by molar-refractivity contribution is 5.83. The van der Waals surface area contributed by atoms with Gasteiger partial charge in [0.05, 0.1) is 5.92 Å². The second-order valence-corrected chi connectivity index (χ2v) is 7.86. The Bertz CT molecular complexity index is 810. The Morgan fingerprint density at radius 1 is 1.22 bits per heavy atom. The van der Waals surface area contributed by atoms with E-state index in [-0.39, 0.29) is 11.8 Å². The zero-order valence-electron chi connectivity index (χ0n) is 16.2. The van der Waals surface area contributed by atoms with Gasteiger partial charge in [-0.05, 0) is 32.3 Å². The second kappa shape index (κ2) is 7.77. The number of likely N-dealkylation sites (tertiary alicyclic amines) is 1. The van der Waals surface area contributed by atoms with Gasteiger partial charge in [-0.15, -0.1) is 0 Å². The van der Waals surface area contributed by atoms with Gasteiger partial charge in [-0.1, -0.05) is 29.8 Å². The number of nitrogens with one attached hydrogen (secondary N) is 1. The summed E-state index contributed by atoms with van der Waals surface area (Å²) >= 11 is 0. The van der Waals surface area contributed by atoms with Crippen molar-refractivity contribution in [3.63, 3.8) is 0 Å². The Kier molecular flexibility index (Phi) is 5.21. The number of nitrogens with zero attached hydrogens (tertiary/aromatic N) is 3. The van der Waals surface area contributed by atoms with Crippen molar-refractivity contribution in [2.24, 2.45) is 0 Å². The van der Waals surface area contributed by atoms with Crippen LogP contribution in [0.15, 0.2) is 30.5 Å². The highest BCUT2D eigenvalue weighted by Gasteiger charge is 2.29. The zero-order valence-corrected chi connectivity index (χ0v) is 16.2. The fourth-order valence-electron chi connectivity index (χ4n) is 4.08. The molecule has 142 valence electrons. The number of benzene rings is 1. The van der Waals surface area contributed by atoms with E-state index in [4.69, 9.17) is 4.98 Å². The Balaban J connectivity index is 1.38. The number of hydrogen-bond donors (Lipinski definition) is 1. The average Bonchev–Trinajstić information content (AvgIpc) is 2.73. The van der Waals surface area contributed by atoms with Crippen LogP contribution < -0.4 is 5.32 Å². The Hall–Kier alpha value is -2.27. The van der Waals surface area contributed by atoms with E-state index >= 15 is 0 Å². The highest BCUT2D eigenvalue weighted by atomic mass is 16.2. The molecule has 0 radical (unpaired) electrons. The molecule has 1 fully saturated rings. The zero-order chi connectivity index (χ0) is 18.8. The fourth-order valence-corrected chi connectivity index (χ4v) is 4.08. The molecule has 1 unspecified atom stereocenters. The van der Waals surface area contributed by atoms with Gasteiger partial charge >= 0.3 is 0 Å². The van der Waals surface area contributed by atoms with E-state index in [1.807, 2.05) is 18.0 Å². The van der Waals surface area contributed by atoms with Gasteiger partial charge in [-0.2, -0.15) is 0 Å². The summed E-state index contributed by atoms with van der Waals surface area (Å²) in [6, 6.07) is 8.30. The quantitative estimate of drug-likeness (QED) is 0.910. The number of amides is 1. The molecule has 27 heavy (non-hydrogen) atoms. The molecule has 1 saturated heterocycles. The largest absolute Gasteiger partial charge is 0.342 e. The molecule has 0 saturated carbocycles. The van der Waals surface area contributed by atoms with E-state index in [1.165, 1.54) is 16.8 Å². The first-order valence-corrected chi connectivity index (χ1v) is 10.0. The molecule has 1 amide bonds. The van der Waals surface area contributed by atoms with Crippen molar-refractivity contribution >= 4 is 5.91 Å². The van der Waals surface area contributed by atoms with E-state index in [2.05, 4.69) is 41.5 Å². The standard InChI is InChI=1S/C22H28N4O/c1-15-3-5-17(6-4-15)16(2)22(27)26-11-8-18(9-12-26)21-24-14-19-13-23-10-7-20(19)25-21/h3-6,14,16,18,23H,7-13H2,1-2H3. The molecule has 0 spiro atoms. The van der Waals surface area contributed by atoms with Crippen LogP contribution in [0.3, 0.4) is 0 Å². The predicted octanol–water partition coefficient (Wildman–Crippen LogP) is 2.94. The topological polar surface area (TPSA) is 58.1 Å². The maximum absolute atomic E-state index is 12.9. The Morgan fingerprint density at radius 2 is 1.96 bits per heavy atom. The summed E-state index contributed by atoms with van der Waals surface area (Å²) in [5.41, 5.74) is 4.74. The van der Waals surface area contributed by atoms with Gasteiger partial charge in [0.15, 0.2) is 0 Å². The minimum Gasteiger partial charge on any atom is -0.342 e. The van der Waals surface area contributed by atoms with Crippen LogP contribution in [0, 0.1) is 6.92 Å². The van der Waals surface area contributed by atoms with Gasteiger partial charge in [0, 0.05) is 56.0 Å². The number of fused-ring (bicyclic) bond motifs is 1. The molecule has 0 bridgehead atoms. The fraction of sp³-hybridized carbons (Fsp3) is 0.500. The molecule has 2 aromatic rings. The highest BCUT2D eigenvalue weighted by Crippen LogP contribution is 2.28. The molecular weight excluding hydrogens is 336 g/mol. The molecule has 3 heterocycles. The third-order valence-electron chi connectivity index (χ3n) is 5.95. The van der Waals surface area contributed by atoms with Gasteiger partial charge < -0.3 is 10.2 Å². The maximum Gasteiger partial charge on any atom is 0.229 e. The Morgan fingerprint density at radius 3 is 2.70 bits per heavy atom. The number of rotatable bonds is 3. The first kappa shape index (κ1) is 18.1.